The predicted molar refractivity (Wildman–Crippen MR) is 72.5 cm³/mol. The fourth-order valence-electron chi connectivity index (χ4n) is 2.93. The summed E-state index contributed by atoms with van der Waals surface area (Å²) in [5.74, 6) is 1.11. The zero-order chi connectivity index (χ0) is 13.9. The third-order valence-electron chi connectivity index (χ3n) is 4.20. The molecule has 0 amide bonds. The molecular formula is C14H22F2N4. The molecule has 20 heavy (non-hydrogen) atoms. The maximum Gasteiger partial charge on any atom is 0.319 e. The summed E-state index contributed by atoms with van der Waals surface area (Å²) in [6, 6.07) is 0.739. The number of nitrogens with zero attached hydrogens (tertiary/aromatic N) is 3. The summed E-state index contributed by atoms with van der Waals surface area (Å²) in [7, 11) is 0. The van der Waals surface area contributed by atoms with Gasteiger partial charge >= 0.3 is 6.55 Å². The molecule has 1 aliphatic carbocycles. The lowest BCUT2D eigenvalue weighted by molar-refractivity contribution is 0.0618. The van der Waals surface area contributed by atoms with Gasteiger partial charge in [0.25, 0.3) is 0 Å². The Morgan fingerprint density at radius 1 is 1.35 bits per heavy atom. The van der Waals surface area contributed by atoms with Gasteiger partial charge in [0.2, 0.25) is 0 Å². The van der Waals surface area contributed by atoms with Gasteiger partial charge in [0, 0.05) is 25.0 Å². The molecule has 1 atom stereocenters. The van der Waals surface area contributed by atoms with Crippen molar-refractivity contribution in [2.45, 2.75) is 44.8 Å². The summed E-state index contributed by atoms with van der Waals surface area (Å²) in [5.41, 5.74) is 0. The third-order valence-corrected chi connectivity index (χ3v) is 4.20. The van der Waals surface area contributed by atoms with Crippen molar-refractivity contribution in [2.75, 3.05) is 19.6 Å². The molecule has 1 saturated heterocycles. The molecule has 1 unspecified atom stereocenters. The zero-order valence-electron chi connectivity index (χ0n) is 11.6. The molecule has 112 valence electrons. The highest BCUT2D eigenvalue weighted by Gasteiger charge is 2.25. The lowest BCUT2D eigenvalue weighted by Crippen LogP contribution is -2.40. The minimum atomic E-state index is -2.50. The van der Waals surface area contributed by atoms with Gasteiger partial charge in [-0.3, -0.25) is 9.47 Å². The molecule has 0 spiro atoms. The lowest BCUT2D eigenvalue weighted by atomic mass is 9.98. The second-order valence-corrected chi connectivity index (χ2v) is 5.95. The topological polar surface area (TPSA) is 33.1 Å². The number of piperidine rings is 1. The van der Waals surface area contributed by atoms with Gasteiger partial charge in [-0.1, -0.05) is 0 Å². The lowest BCUT2D eigenvalue weighted by Gasteiger charge is -2.32. The summed E-state index contributed by atoms with van der Waals surface area (Å²) >= 11 is 0. The van der Waals surface area contributed by atoms with Crippen molar-refractivity contribution in [3.05, 3.63) is 18.2 Å². The van der Waals surface area contributed by atoms with E-state index in [-0.39, 0.29) is 0 Å². The van der Waals surface area contributed by atoms with Crippen LogP contribution in [0.1, 0.15) is 38.1 Å². The fourth-order valence-corrected chi connectivity index (χ4v) is 2.93. The van der Waals surface area contributed by atoms with Crippen LogP contribution in [0.5, 0.6) is 0 Å². The number of hydrogen-bond donors (Lipinski definition) is 1. The highest BCUT2D eigenvalue weighted by molar-refractivity contribution is 4.94. The minimum Gasteiger partial charge on any atom is -0.314 e. The van der Waals surface area contributed by atoms with E-state index in [1.54, 1.807) is 0 Å². The predicted octanol–water partition coefficient (Wildman–Crippen LogP) is 2.24. The van der Waals surface area contributed by atoms with Gasteiger partial charge in [0.1, 0.15) is 5.82 Å². The molecule has 2 aliphatic rings. The summed E-state index contributed by atoms with van der Waals surface area (Å²) in [5, 5.41) is 3.57. The van der Waals surface area contributed by atoms with Gasteiger partial charge in [-0.05, 0) is 44.7 Å². The van der Waals surface area contributed by atoms with Crippen molar-refractivity contribution in [2.24, 2.45) is 5.92 Å². The molecule has 4 nitrogen and oxygen atoms in total. The van der Waals surface area contributed by atoms with Crippen LogP contribution < -0.4 is 5.32 Å². The molecule has 6 heteroatoms. The van der Waals surface area contributed by atoms with Gasteiger partial charge in [0.15, 0.2) is 0 Å². The zero-order valence-corrected chi connectivity index (χ0v) is 11.6. The van der Waals surface area contributed by atoms with Crippen LogP contribution >= 0.6 is 0 Å². The van der Waals surface area contributed by atoms with E-state index in [9.17, 15) is 8.78 Å². The van der Waals surface area contributed by atoms with Gasteiger partial charge < -0.3 is 5.32 Å². The van der Waals surface area contributed by atoms with Crippen molar-refractivity contribution in [3.8, 4) is 0 Å². The Bertz CT molecular complexity index is 431. The molecule has 1 aliphatic heterocycles. The maximum absolute atomic E-state index is 12.8. The van der Waals surface area contributed by atoms with E-state index >= 15 is 0 Å². The van der Waals surface area contributed by atoms with Crippen molar-refractivity contribution in [3.63, 3.8) is 0 Å². The first-order valence-electron chi connectivity index (χ1n) is 7.48. The molecule has 2 heterocycles. The number of halogens is 2. The molecule has 0 radical (unpaired) electrons. The molecule has 2 fully saturated rings. The Labute approximate surface area is 118 Å². The van der Waals surface area contributed by atoms with Crippen LogP contribution in [0, 0.1) is 5.92 Å². The molecule has 1 N–H and O–H groups in total. The molecule has 1 aromatic rings. The van der Waals surface area contributed by atoms with Crippen LogP contribution in [-0.2, 0) is 6.54 Å². The summed E-state index contributed by atoms with van der Waals surface area (Å²) in [4.78, 5) is 6.32. The van der Waals surface area contributed by atoms with Gasteiger partial charge in [-0.15, -0.1) is 0 Å². The highest BCUT2D eigenvalue weighted by atomic mass is 19.3. The van der Waals surface area contributed by atoms with Gasteiger partial charge in [-0.25, -0.2) is 4.98 Å². The molecule has 3 rings (SSSR count). The van der Waals surface area contributed by atoms with Crippen LogP contribution in [0.4, 0.5) is 8.78 Å². The number of likely N-dealkylation sites (tertiary alicyclic amines) is 1. The Hall–Kier alpha value is -1.01. The van der Waals surface area contributed by atoms with Crippen molar-refractivity contribution in [1.29, 1.82) is 0 Å². The van der Waals surface area contributed by atoms with E-state index in [1.807, 2.05) is 0 Å². The first-order chi connectivity index (χ1) is 9.72. The maximum atomic E-state index is 12.8. The number of aromatic nitrogens is 2. The normalized spacial score (nSPS) is 24.4. The van der Waals surface area contributed by atoms with Crippen LogP contribution in [0.15, 0.2) is 12.4 Å². The van der Waals surface area contributed by atoms with Crippen LogP contribution in [0.3, 0.4) is 0 Å². The number of nitrogens with one attached hydrogen (secondary N) is 1. The number of alkyl halides is 2. The molecule has 1 saturated carbocycles. The molecular weight excluding hydrogens is 262 g/mol. The van der Waals surface area contributed by atoms with Crippen LogP contribution in [0.25, 0.3) is 0 Å². The second kappa shape index (κ2) is 6.18. The SMILES string of the molecule is FC(F)n1ccnc1CN1CCCC(CNC2CC2)C1. The minimum absolute atomic E-state index is 0.468. The van der Waals surface area contributed by atoms with E-state index in [2.05, 4.69) is 15.2 Å². The summed E-state index contributed by atoms with van der Waals surface area (Å²) in [6.07, 6.45) is 7.81. The van der Waals surface area contributed by atoms with E-state index in [1.165, 1.54) is 31.7 Å². The van der Waals surface area contributed by atoms with Crippen molar-refractivity contribution >= 4 is 0 Å². The largest absolute Gasteiger partial charge is 0.319 e. The van der Waals surface area contributed by atoms with Gasteiger partial charge in [0.05, 0.1) is 6.54 Å². The smallest absolute Gasteiger partial charge is 0.314 e. The summed E-state index contributed by atoms with van der Waals surface area (Å²) in [6.45, 7) is 1.05. The standard InChI is InChI=1S/C14H22F2N4/c15-14(16)20-7-5-17-13(20)10-19-6-1-2-11(9-19)8-18-12-3-4-12/h5,7,11-12,14,18H,1-4,6,8-10H2. The van der Waals surface area contributed by atoms with Crippen molar-refractivity contribution in [1.82, 2.24) is 19.8 Å². The molecule has 0 aromatic carbocycles. The number of rotatable bonds is 6. The Morgan fingerprint density at radius 2 is 2.20 bits per heavy atom. The monoisotopic (exact) mass is 284 g/mol. The van der Waals surface area contributed by atoms with E-state index in [0.717, 1.165) is 36.7 Å². The first kappa shape index (κ1) is 13.9. The third kappa shape index (κ3) is 3.55. The van der Waals surface area contributed by atoms with Crippen LogP contribution in [0.2, 0.25) is 0 Å². The average Bonchev–Trinajstić information content (AvgIpc) is 3.15. The summed E-state index contributed by atoms with van der Waals surface area (Å²) < 4.78 is 26.6. The van der Waals surface area contributed by atoms with Crippen molar-refractivity contribution < 1.29 is 8.78 Å². The Kier molecular flexibility index (Phi) is 4.31. The molecule has 0 bridgehead atoms. The number of imidazole rings is 1. The highest BCUT2D eigenvalue weighted by Crippen LogP contribution is 2.22. The Morgan fingerprint density at radius 3 is 2.95 bits per heavy atom. The second-order valence-electron chi connectivity index (χ2n) is 5.95. The van der Waals surface area contributed by atoms with Gasteiger partial charge in [-0.2, -0.15) is 8.78 Å². The van der Waals surface area contributed by atoms with E-state index < -0.39 is 6.55 Å². The number of hydrogen-bond acceptors (Lipinski definition) is 3. The Balaban J connectivity index is 1.52. The fraction of sp³-hybridized carbons (Fsp3) is 0.786. The van der Waals surface area contributed by atoms with E-state index in [4.69, 9.17) is 0 Å². The average molecular weight is 284 g/mol. The van der Waals surface area contributed by atoms with Crippen LogP contribution in [-0.4, -0.2) is 40.1 Å². The van der Waals surface area contributed by atoms with E-state index in [0.29, 0.717) is 18.3 Å². The molecule has 1 aromatic heterocycles. The first-order valence-corrected chi connectivity index (χ1v) is 7.48. The quantitative estimate of drug-likeness (QED) is 0.869.